The van der Waals surface area contributed by atoms with Crippen LogP contribution < -0.4 is 4.72 Å². The molecule has 1 aromatic rings. The van der Waals surface area contributed by atoms with Crippen LogP contribution in [0.4, 0.5) is 4.39 Å². The highest BCUT2D eigenvalue weighted by atomic mass is 32.2. The van der Waals surface area contributed by atoms with Crippen molar-refractivity contribution in [2.24, 2.45) is 0 Å². The summed E-state index contributed by atoms with van der Waals surface area (Å²) in [6.45, 7) is 0.756. The van der Waals surface area contributed by atoms with Crippen LogP contribution in [0.1, 0.15) is 12.0 Å². The smallest absolute Gasteiger partial charge is 0.242 e. The predicted molar refractivity (Wildman–Crippen MR) is 71.5 cm³/mol. The number of ether oxygens (including phenoxy) is 2. The van der Waals surface area contributed by atoms with Crippen LogP contribution in [0, 0.1) is 17.1 Å². The second kappa shape index (κ2) is 6.07. The van der Waals surface area contributed by atoms with E-state index in [0.29, 0.717) is 13.0 Å². The minimum Gasteiger partial charge on any atom is -0.378 e. The maximum atomic E-state index is 13.5. The normalized spacial score (nSPS) is 22.1. The average Bonchev–Trinajstić information content (AvgIpc) is 2.94. The molecule has 1 saturated heterocycles. The van der Waals surface area contributed by atoms with Crippen LogP contribution >= 0.6 is 0 Å². The molecular formula is C13H15FN2O4S. The lowest BCUT2D eigenvalue weighted by Crippen LogP contribution is -2.45. The van der Waals surface area contributed by atoms with E-state index in [9.17, 15) is 12.8 Å². The Morgan fingerprint density at radius 3 is 2.90 bits per heavy atom. The van der Waals surface area contributed by atoms with Crippen molar-refractivity contribution in [2.45, 2.75) is 16.9 Å². The van der Waals surface area contributed by atoms with Gasteiger partial charge in [0.15, 0.2) is 0 Å². The number of nitrogens with one attached hydrogen (secondary N) is 1. The second-order valence-corrected chi connectivity index (χ2v) is 6.47. The third kappa shape index (κ3) is 3.22. The minimum atomic E-state index is -4.01. The lowest BCUT2D eigenvalue weighted by atomic mass is 10.0. The van der Waals surface area contributed by atoms with Gasteiger partial charge in [-0.3, -0.25) is 0 Å². The molecule has 0 amide bonds. The number of nitrogens with zero attached hydrogens (tertiary/aromatic N) is 1. The van der Waals surface area contributed by atoms with E-state index in [1.807, 2.05) is 0 Å². The number of benzene rings is 1. The Bertz CT molecular complexity index is 663. The molecule has 114 valence electrons. The summed E-state index contributed by atoms with van der Waals surface area (Å²) in [4.78, 5) is -0.379. The third-order valence-corrected chi connectivity index (χ3v) is 4.90. The molecule has 0 bridgehead atoms. The van der Waals surface area contributed by atoms with Crippen molar-refractivity contribution in [1.29, 1.82) is 5.26 Å². The first-order valence-corrected chi connectivity index (χ1v) is 7.74. The van der Waals surface area contributed by atoms with Gasteiger partial charge in [-0.15, -0.1) is 0 Å². The molecule has 1 aromatic carbocycles. The van der Waals surface area contributed by atoms with Crippen LogP contribution in [0.25, 0.3) is 0 Å². The van der Waals surface area contributed by atoms with Gasteiger partial charge < -0.3 is 9.47 Å². The van der Waals surface area contributed by atoms with E-state index >= 15 is 0 Å². The number of hydrogen-bond acceptors (Lipinski definition) is 5. The summed E-state index contributed by atoms with van der Waals surface area (Å²) in [7, 11) is -2.53. The quantitative estimate of drug-likeness (QED) is 0.867. The molecule has 2 rings (SSSR count). The molecule has 0 saturated carbocycles. The largest absolute Gasteiger partial charge is 0.378 e. The van der Waals surface area contributed by atoms with Crippen molar-refractivity contribution in [3.63, 3.8) is 0 Å². The minimum absolute atomic E-state index is 0.00673. The van der Waals surface area contributed by atoms with Gasteiger partial charge in [-0.1, -0.05) is 6.07 Å². The van der Waals surface area contributed by atoms with Crippen molar-refractivity contribution in [1.82, 2.24) is 4.72 Å². The molecule has 0 spiro atoms. The third-order valence-electron chi connectivity index (χ3n) is 3.46. The fraction of sp³-hybridized carbons (Fsp3) is 0.462. The number of halogens is 1. The van der Waals surface area contributed by atoms with Gasteiger partial charge in [0.25, 0.3) is 0 Å². The van der Waals surface area contributed by atoms with Crippen LogP contribution in [0.15, 0.2) is 23.1 Å². The number of nitriles is 1. The van der Waals surface area contributed by atoms with Gasteiger partial charge in [0.2, 0.25) is 10.0 Å². The lowest BCUT2D eigenvalue weighted by Gasteiger charge is -2.25. The van der Waals surface area contributed by atoms with Gasteiger partial charge in [0.1, 0.15) is 27.9 Å². The van der Waals surface area contributed by atoms with Gasteiger partial charge in [-0.2, -0.15) is 5.26 Å². The molecule has 1 aliphatic heterocycles. The van der Waals surface area contributed by atoms with Crippen LogP contribution in [-0.2, 0) is 19.5 Å². The molecule has 1 aliphatic rings. The van der Waals surface area contributed by atoms with Gasteiger partial charge >= 0.3 is 0 Å². The van der Waals surface area contributed by atoms with Crippen molar-refractivity contribution in [2.75, 3.05) is 26.9 Å². The SMILES string of the molecule is COC1(CNS(=O)(=O)c2cccc(F)c2C#N)CCOC1. The fourth-order valence-electron chi connectivity index (χ4n) is 2.10. The summed E-state index contributed by atoms with van der Waals surface area (Å²) >= 11 is 0. The topological polar surface area (TPSA) is 88.4 Å². The van der Waals surface area contributed by atoms with Crippen LogP contribution in [0.2, 0.25) is 0 Å². The maximum absolute atomic E-state index is 13.5. The van der Waals surface area contributed by atoms with Crippen molar-refractivity contribution >= 4 is 10.0 Å². The van der Waals surface area contributed by atoms with E-state index in [0.717, 1.165) is 6.07 Å². The molecule has 1 fully saturated rings. The predicted octanol–water partition coefficient (Wildman–Crippen LogP) is 0.781. The summed E-state index contributed by atoms with van der Waals surface area (Å²) in [6, 6.07) is 5.05. The van der Waals surface area contributed by atoms with Gasteiger partial charge in [0.05, 0.1) is 6.61 Å². The molecule has 0 radical (unpaired) electrons. The molecule has 0 aliphatic carbocycles. The van der Waals surface area contributed by atoms with E-state index in [4.69, 9.17) is 14.7 Å². The molecule has 1 N–H and O–H groups in total. The first-order valence-electron chi connectivity index (χ1n) is 6.25. The Labute approximate surface area is 122 Å². The molecule has 0 aromatic heterocycles. The van der Waals surface area contributed by atoms with Gasteiger partial charge in [-0.25, -0.2) is 17.5 Å². The lowest BCUT2D eigenvalue weighted by molar-refractivity contribution is -0.0120. The summed E-state index contributed by atoms with van der Waals surface area (Å²) < 4.78 is 50.9. The molecule has 21 heavy (non-hydrogen) atoms. The second-order valence-electron chi connectivity index (χ2n) is 4.74. The molecule has 1 unspecified atom stereocenters. The number of hydrogen-bond donors (Lipinski definition) is 1. The number of rotatable bonds is 5. The average molecular weight is 314 g/mol. The monoisotopic (exact) mass is 314 g/mol. The Morgan fingerprint density at radius 1 is 1.57 bits per heavy atom. The van der Waals surface area contributed by atoms with E-state index in [1.54, 1.807) is 6.07 Å². The summed E-state index contributed by atoms with van der Waals surface area (Å²) in [5, 5.41) is 8.91. The van der Waals surface area contributed by atoms with Crippen LogP contribution in [0.3, 0.4) is 0 Å². The zero-order valence-corrected chi connectivity index (χ0v) is 12.2. The van der Waals surface area contributed by atoms with Crippen LogP contribution in [-0.4, -0.2) is 40.9 Å². The standard InChI is InChI=1S/C13H15FN2O4S/c1-19-13(5-6-20-9-13)8-16-21(17,18)12-4-2-3-11(14)10(12)7-15/h2-4,16H,5-6,8-9H2,1H3. The summed E-state index contributed by atoms with van der Waals surface area (Å²) in [6.07, 6.45) is 0.556. The van der Waals surface area contributed by atoms with E-state index in [-0.39, 0.29) is 18.0 Å². The zero-order valence-electron chi connectivity index (χ0n) is 11.4. The van der Waals surface area contributed by atoms with E-state index in [1.165, 1.54) is 19.2 Å². The highest BCUT2D eigenvalue weighted by Gasteiger charge is 2.36. The first kappa shape index (κ1) is 15.9. The van der Waals surface area contributed by atoms with Crippen molar-refractivity contribution < 1.29 is 22.3 Å². The molecular weight excluding hydrogens is 299 g/mol. The maximum Gasteiger partial charge on any atom is 0.242 e. The molecule has 6 nitrogen and oxygen atoms in total. The molecule has 8 heteroatoms. The molecule has 1 atom stereocenters. The molecule has 1 heterocycles. The van der Waals surface area contributed by atoms with Crippen molar-refractivity contribution in [3.05, 3.63) is 29.6 Å². The number of sulfonamides is 1. The highest BCUT2D eigenvalue weighted by Crippen LogP contribution is 2.23. The fourth-order valence-corrected chi connectivity index (χ4v) is 3.38. The van der Waals surface area contributed by atoms with Crippen molar-refractivity contribution in [3.8, 4) is 6.07 Å². The van der Waals surface area contributed by atoms with Gasteiger partial charge in [0, 0.05) is 26.7 Å². The first-order chi connectivity index (χ1) is 9.94. The summed E-state index contributed by atoms with van der Waals surface area (Å²) in [5.74, 6) is -0.869. The Balaban J connectivity index is 2.24. The highest BCUT2D eigenvalue weighted by molar-refractivity contribution is 7.89. The number of methoxy groups -OCH3 is 1. The van der Waals surface area contributed by atoms with Gasteiger partial charge in [-0.05, 0) is 12.1 Å². The Kier molecular flexibility index (Phi) is 4.58. The summed E-state index contributed by atoms with van der Waals surface area (Å²) in [5.41, 5.74) is -1.23. The van der Waals surface area contributed by atoms with E-state index < -0.39 is 27.0 Å². The van der Waals surface area contributed by atoms with E-state index in [2.05, 4.69) is 4.72 Å². The Morgan fingerprint density at radius 2 is 2.33 bits per heavy atom. The zero-order chi connectivity index (χ0) is 15.5. The Hall–Kier alpha value is -1.53. The van der Waals surface area contributed by atoms with Crippen LogP contribution in [0.5, 0.6) is 0 Å².